The van der Waals surface area contributed by atoms with Crippen molar-refractivity contribution in [1.29, 1.82) is 0 Å². The molecule has 3 rings (SSSR count). The third kappa shape index (κ3) is 6.74. The van der Waals surface area contributed by atoms with Gasteiger partial charge in [0.05, 0.1) is 18.8 Å². The Hall–Kier alpha value is -2.55. The highest BCUT2D eigenvalue weighted by atomic mass is 19.1. The van der Waals surface area contributed by atoms with Gasteiger partial charge in [0.2, 0.25) is 5.91 Å². The van der Waals surface area contributed by atoms with Crippen molar-refractivity contribution in [3.05, 3.63) is 64.7 Å². The lowest BCUT2D eigenvalue weighted by Crippen LogP contribution is -2.49. The number of aliphatic hydroxyl groups is 2. The predicted molar refractivity (Wildman–Crippen MR) is 129 cm³/mol. The Bertz CT molecular complexity index is 966. The third-order valence-corrected chi connectivity index (χ3v) is 6.30. The van der Waals surface area contributed by atoms with Crippen molar-refractivity contribution in [1.82, 2.24) is 10.6 Å². The number of anilines is 1. The fraction of sp³-hybridized carbons (Fsp3) is 0.500. The molecule has 0 bridgehead atoms. The molecule has 0 aromatic heterocycles. The largest absolute Gasteiger partial charge is 0.395 e. The first-order valence-corrected chi connectivity index (χ1v) is 11.8. The van der Waals surface area contributed by atoms with E-state index in [2.05, 4.69) is 47.6 Å². The molecule has 8 heteroatoms. The lowest BCUT2D eigenvalue weighted by atomic mass is 9.91. The van der Waals surface area contributed by atoms with Crippen molar-refractivity contribution < 1.29 is 23.8 Å². The number of nitrogens with zero attached hydrogens (tertiary/aromatic N) is 1. The van der Waals surface area contributed by atoms with Crippen molar-refractivity contribution in [3.63, 3.8) is 0 Å². The summed E-state index contributed by atoms with van der Waals surface area (Å²) in [5.74, 6) is -1.36. The van der Waals surface area contributed by atoms with Crippen molar-refractivity contribution in [3.8, 4) is 0 Å². The van der Waals surface area contributed by atoms with Crippen molar-refractivity contribution >= 4 is 11.6 Å². The number of hydrogen-bond acceptors (Lipinski definition) is 5. The second-order valence-electron chi connectivity index (χ2n) is 9.29. The average Bonchev–Trinajstić information content (AvgIpc) is 2.76. The molecule has 0 saturated heterocycles. The number of halogens is 2. The number of hydrogen-bond donors (Lipinski definition) is 4. The Balaban J connectivity index is 1.75. The molecule has 1 heterocycles. The molecule has 3 unspecified atom stereocenters. The van der Waals surface area contributed by atoms with E-state index in [1.807, 2.05) is 0 Å². The van der Waals surface area contributed by atoms with Crippen LogP contribution in [0.3, 0.4) is 0 Å². The van der Waals surface area contributed by atoms with E-state index in [1.54, 1.807) is 0 Å². The van der Waals surface area contributed by atoms with Gasteiger partial charge in [-0.1, -0.05) is 26.0 Å². The normalized spacial score (nSPS) is 17.4. The molecule has 4 N–H and O–H groups in total. The first kappa shape index (κ1) is 26.1. The van der Waals surface area contributed by atoms with E-state index >= 15 is 0 Å². The van der Waals surface area contributed by atoms with Crippen LogP contribution >= 0.6 is 0 Å². The zero-order chi connectivity index (χ0) is 24.8. The number of amides is 1. The number of carbonyl (C=O) groups excluding carboxylic acids is 1. The molecule has 1 aliphatic rings. The Labute approximate surface area is 200 Å². The van der Waals surface area contributed by atoms with Crippen LogP contribution in [0.25, 0.3) is 0 Å². The zero-order valence-corrected chi connectivity index (χ0v) is 20.0. The molecule has 0 spiro atoms. The highest BCUT2D eigenvalue weighted by Crippen LogP contribution is 2.35. The van der Waals surface area contributed by atoms with Crippen molar-refractivity contribution in [2.45, 2.75) is 57.7 Å². The van der Waals surface area contributed by atoms with Gasteiger partial charge in [0.1, 0.15) is 11.6 Å². The maximum Gasteiger partial charge on any atom is 0.217 e. The van der Waals surface area contributed by atoms with Crippen LogP contribution in [0.15, 0.2) is 36.4 Å². The number of aliphatic hydroxyl groups excluding tert-OH is 2. The van der Waals surface area contributed by atoms with Gasteiger partial charge in [-0.05, 0) is 53.6 Å². The molecule has 3 atom stereocenters. The van der Waals surface area contributed by atoms with Gasteiger partial charge >= 0.3 is 0 Å². The van der Waals surface area contributed by atoms with Gasteiger partial charge < -0.3 is 25.7 Å². The van der Waals surface area contributed by atoms with Crippen LogP contribution in [0.2, 0.25) is 0 Å². The molecular weight excluding hydrogens is 440 g/mol. The number of β-amino-alcohol motifs (C(OH)–C–C–N with tert-alkyl or cyclic N) is 1. The molecule has 1 amide bonds. The zero-order valence-electron chi connectivity index (χ0n) is 20.0. The quantitative estimate of drug-likeness (QED) is 0.425. The van der Waals surface area contributed by atoms with Gasteiger partial charge in [-0.3, -0.25) is 4.79 Å². The second-order valence-corrected chi connectivity index (χ2v) is 9.29. The maximum atomic E-state index is 13.6. The number of fused-ring (bicyclic) bond motifs is 1. The van der Waals surface area contributed by atoms with Gasteiger partial charge in [-0.2, -0.15) is 0 Å². The topological polar surface area (TPSA) is 84.8 Å². The summed E-state index contributed by atoms with van der Waals surface area (Å²) in [7, 11) is 0. The van der Waals surface area contributed by atoms with Crippen LogP contribution in [0.5, 0.6) is 0 Å². The Morgan fingerprint density at radius 3 is 2.50 bits per heavy atom. The van der Waals surface area contributed by atoms with Crippen LogP contribution in [0, 0.1) is 11.6 Å². The summed E-state index contributed by atoms with van der Waals surface area (Å²) < 4.78 is 27.3. The lowest BCUT2D eigenvalue weighted by molar-refractivity contribution is -0.120. The van der Waals surface area contributed by atoms with Gasteiger partial charge in [0.25, 0.3) is 0 Å². The third-order valence-electron chi connectivity index (χ3n) is 6.30. The van der Waals surface area contributed by atoms with Gasteiger partial charge in [0.15, 0.2) is 0 Å². The molecule has 6 nitrogen and oxygen atoms in total. The molecular formula is C26H35F2N3O3. The van der Waals surface area contributed by atoms with E-state index < -0.39 is 23.8 Å². The smallest absolute Gasteiger partial charge is 0.217 e. The van der Waals surface area contributed by atoms with E-state index in [0.29, 0.717) is 18.0 Å². The lowest BCUT2D eigenvalue weighted by Gasteiger charge is -2.37. The summed E-state index contributed by atoms with van der Waals surface area (Å²) in [6.07, 6.45) is -0.0798. The fourth-order valence-corrected chi connectivity index (χ4v) is 4.56. The molecule has 0 radical (unpaired) electrons. The minimum atomic E-state index is -0.970. The summed E-state index contributed by atoms with van der Waals surface area (Å²) in [6.45, 7) is 7.20. The SMILES string of the molecule is CC(=O)NC(Cc1cc(F)cc(F)c1)C(O)CNC1CCN(CCO)c2ccc(C(C)C)cc21. The van der Waals surface area contributed by atoms with E-state index in [0.717, 1.165) is 30.3 Å². The summed E-state index contributed by atoms with van der Waals surface area (Å²) >= 11 is 0. The summed E-state index contributed by atoms with van der Waals surface area (Å²) in [5, 5.41) is 26.5. The van der Waals surface area contributed by atoms with Crippen LogP contribution < -0.4 is 15.5 Å². The maximum absolute atomic E-state index is 13.6. The molecule has 34 heavy (non-hydrogen) atoms. The van der Waals surface area contributed by atoms with Gasteiger partial charge in [-0.25, -0.2) is 8.78 Å². The van der Waals surface area contributed by atoms with Gasteiger partial charge in [0, 0.05) is 44.4 Å². The Morgan fingerprint density at radius 2 is 1.88 bits per heavy atom. The first-order valence-electron chi connectivity index (χ1n) is 11.8. The van der Waals surface area contributed by atoms with E-state index in [1.165, 1.54) is 24.6 Å². The number of benzene rings is 2. The Morgan fingerprint density at radius 1 is 1.18 bits per heavy atom. The van der Waals surface area contributed by atoms with Crippen LogP contribution in [-0.2, 0) is 11.2 Å². The molecule has 0 aliphatic carbocycles. The minimum Gasteiger partial charge on any atom is -0.395 e. The highest BCUT2D eigenvalue weighted by molar-refractivity contribution is 5.73. The molecule has 0 fully saturated rings. The van der Waals surface area contributed by atoms with E-state index in [-0.39, 0.29) is 31.5 Å². The predicted octanol–water partition coefficient (Wildman–Crippen LogP) is 3.03. The molecule has 2 aromatic rings. The van der Waals surface area contributed by atoms with Gasteiger partial charge in [-0.15, -0.1) is 0 Å². The van der Waals surface area contributed by atoms with Crippen molar-refractivity contribution in [2.24, 2.45) is 0 Å². The van der Waals surface area contributed by atoms with E-state index in [9.17, 15) is 23.8 Å². The average molecular weight is 476 g/mol. The summed E-state index contributed by atoms with van der Waals surface area (Å²) in [6, 6.07) is 8.86. The summed E-state index contributed by atoms with van der Waals surface area (Å²) in [4.78, 5) is 13.9. The van der Waals surface area contributed by atoms with Crippen molar-refractivity contribution in [2.75, 3.05) is 31.1 Å². The number of nitrogens with one attached hydrogen (secondary N) is 2. The monoisotopic (exact) mass is 475 g/mol. The number of rotatable bonds is 10. The second kappa shape index (κ2) is 11.7. The number of carbonyl (C=O) groups is 1. The minimum absolute atomic E-state index is 0.0112. The standard InChI is InChI=1S/C26H35F2N3O3/c1-16(2)19-4-5-25-22(13-19)23(6-7-31(25)8-9-32)29-15-26(34)24(30-17(3)33)12-18-10-20(27)14-21(28)11-18/h4-5,10-11,13-14,16,23-24,26,29,32,34H,6-9,12,15H2,1-3H3,(H,30,33). The fourth-order valence-electron chi connectivity index (χ4n) is 4.56. The highest BCUT2D eigenvalue weighted by Gasteiger charge is 2.28. The van der Waals surface area contributed by atoms with Crippen LogP contribution in [-0.4, -0.2) is 54.5 Å². The molecule has 1 aliphatic heterocycles. The first-order chi connectivity index (χ1) is 16.2. The molecule has 2 aromatic carbocycles. The van der Waals surface area contributed by atoms with Crippen LogP contribution in [0.1, 0.15) is 55.8 Å². The van der Waals surface area contributed by atoms with Crippen LogP contribution in [0.4, 0.5) is 14.5 Å². The molecule has 0 saturated carbocycles. The summed E-state index contributed by atoms with van der Waals surface area (Å²) in [5.41, 5.74) is 3.74. The Kier molecular flexibility index (Phi) is 8.99. The molecule has 186 valence electrons. The van der Waals surface area contributed by atoms with E-state index in [4.69, 9.17) is 0 Å².